The molecule has 0 atom stereocenters. The Kier molecular flexibility index (Phi) is 4.29. The summed E-state index contributed by atoms with van der Waals surface area (Å²) in [6.07, 6.45) is 1.96. The topological polar surface area (TPSA) is 90.4 Å². The molecule has 2 heterocycles. The normalized spacial score (nSPS) is 11.3. The van der Waals surface area contributed by atoms with Crippen molar-refractivity contribution in [2.75, 3.05) is 25.5 Å². The van der Waals surface area contributed by atoms with Crippen molar-refractivity contribution in [3.63, 3.8) is 0 Å². The second kappa shape index (κ2) is 6.37. The summed E-state index contributed by atoms with van der Waals surface area (Å²) in [5, 5.41) is 11.8. The lowest BCUT2D eigenvalue weighted by atomic mass is 10.2. The maximum atomic E-state index is 5.56. The fourth-order valence-electron chi connectivity index (χ4n) is 2.77. The second-order valence-electron chi connectivity index (χ2n) is 5.57. The molecule has 3 aromatic rings. The molecule has 3 N–H and O–H groups in total. The Morgan fingerprint density at radius 1 is 1.22 bits per heavy atom. The number of fused-ring (bicyclic) bond motifs is 3. The Morgan fingerprint density at radius 3 is 2.78 bits per heavy atom. The lowest BCUT2D eigenvalue weighted by molar-refractivity contribution is 0.416. The first kappa shape index (κ1) is 15.5. The molecule has 2 aromatic heterocycles. The minimum Gasteiger partial charge on any atom is -0.494 e. The summed E-state index contributed by atoms with van der Waals surface area (Å²) < 4.78 is 7.57. The highest BCUT2D eigenvalue weighted by atomic mass is 16.5. The number of hydrogen-bond acceptors (Lipinski definition) is 6. The predicted octanol–water partition coefficient (Wildman–Crippen LogP) is 2.05. The van der Waals surface area contributed by atoms with Crippen LogP contribution >= 0.6 is 0 Å². The lowest BCUT2D eigenvalue weighted by Gasteiger charge is -2.13. The molecular weight excluding hydrogens is 292 g/mol. The molecule has 0 radical (unpaired) electrons. The van der Waals surface area contributed by atoms with E-state index in [0.29, 0.717) is 6.54 Å². The van der Waals surface area contributed by atoms with Crippen molar-refractivity contribution in [3.05, 3.63) is 23.5 Å². The minimum atomic E-state index is 0.694. The van der Waals surface area contributed by atoms with Gasteiger partial charge in [-0.1, -0.05) is 6.07 Å². The molecule has 0 saturated carbocycles. The first-order chi connectivity index (χ1) is 11.2. The van der Waals surface area contributed by atoms with Crippen LogP contribution in [0.15, 0.2) is 12.1 Å². The molecular formula is C16H22N6O. The van der Waals surface area contributed by atoms with Crippen LogP contribution in [-0.2, 0) is 0 Å². The molecule has 0 amide bonds. The van der Waals surface area contributed by atoms with E-state index in [-0.39, 0.29) is 0 Å². The molecule has 0 aliphatic rings. The number of unbranched alkanes of at least 4 members (excludes halogenated alkanes) is 1. The second-order valence-corrected chi connectivity index (χ2v) is 5.57. The standard InChI is InChI=1S/C16H22N6O/c1-10-6-7-12-13(14(10)23-3)19-15(18-9-5-4-8-17)16-21-20-11(2)22(12)16/h6-7H,4-5,8-9,17H2,1-3H3,(H,18,19). The lowest BCUT2D eigenvalue weighted by Crippen LogP contribution is -2.09. The number of nitrogens with one attached hydrogen (secondary N) is 1. The van der Waals surface area contributed by atoms with Crippen LogP contribution in [0.25, 0.3) is 16.7 Å². The van der Waals surface area contributed by atoms with Crippen molar-refractivity contribution in [1.29, 1.82) is 0 Å². The van der Waals surface area contributed by atoms with Gasteiger partial charge >= 0.3 is 0 Å². The monoisotopic (exact) mass is 314 g/mol. The number of aromatic nitrogens is 4. The van der Waals surface area contributed by atoms with Crippen LogP contribution in [0.3, 0.4) is 0 Å². The van der Waals surface area contributed by atoms with Gasteiger partial charge in [-0.25, -0.2) is 4.98 Å². The Morgan fingerprint density at radius 2 is 2.04 bits per heavy atom. The van der Waals surface area contributed by atoms with Crippen molar-refractivity contribution in [2.45, 2.75) is 26.7 Å². The Labute approximate surface area is 134 Å². The van der Waals surface area contributed by atoms with Crippen molar-refractivity contribution in [1.82, 2.24) is 19.6 Å². The van der Waals surface area contributed by atoms with Crippen LogP contribution in [0.1, 0.15) is 24.2 Å². The van der Waals surface area contributed by atoms with Crippen molar-refractivity contribution in [2.24, 2.45) is 5.73 Å². The maximum Gasteiger partial charge on any atom is 0.204 e. The fraction of sp³-hybridized carbons (Fsp3) is 0.438. The van der Waals surface area contributed by atoms with Gasteiger partial charge in [-0.2, -0.15) is 0 Å². The van der Waals surface area contributed by atoms with Crippen LogP contribution in [0.5, 0.6) is 5.75 Å². The first-order valence-electron chi connectivity index (χ1n) is 7.80. The smallest absolute Gasteiger partial charge is 0.204 e. The number of ether oxygens (including phenoxy) is 1. The van der Waals surface area contributed by atoms with Gasteiger partial charge in [0.2, 0.25) is 5.65 Å². The van der Waals surface area contributed by atoms with E-state index in [0.717, 1.165) is 59.0 Å². The summed E-state index contributed by atoms with van der Waals surface area (Å²) in [5.41, 5.74) is 9.07. The van der Waals surface area contributed by atoms with Gasteiger partial charge < -0.3 is 15.8 Å². The molecule has 0 saturated heterocycles. The van der Waals surface area contributed by atoms with Crippen LogP contribution in [-0.4, -0.2) is 39.8 Å². The van der Waals surface area contributed by atoms with Gasteiger partial charge in [-0.3, -0.25) is 4.40 Å². The molecule has 1 aromatic carbocycles. The van der Waals surface area contributed by atoms with Crippen LogP contribution in [0, 0.1) is 13.8 Å². The third kappa shape index (κ3) is 2.68. The zero-order chi connectivity index (χ0) is 16.4. The van der Waals surface area contributed by atoms with Gasteiger partial charge in [0.05, 0.1) is 12.6 Å². The number of hydrogen-bond donors (Lipinski definition) is 2. The SMILES string of the molecule is COc1c(C)ccc2c1nc(NCCCCN)c1nnc(C)n12. The minimum absolute atomic E-state index is 0.694. The Balaban J connectivity index is 2.18. The summed E-state index contributed by atoms with van der Waals surface area (Å²) in [6, 6.07) is 4.05. The average Bonchev–Trinajstić information content (AvgIpc) is 2.94. The molecule has 0 fully saturated rings. The molecule has 122 valence electrons. The van der Waals surface area contributed by atoms with Crippen LogP contribution in [0.4, 0.5) is 5.82 Å². The van der Waals surface area contributed by atoms with Gasteiger partial charge in [-0.15, -0.1) is 10.2 Å². The molecule has 3 rings (SSSR count). The molecule has 0 unspecified atom stereocenters. The van der Waals surface area contributed by atoms with Gasteiger partial charge in [-0.05, 0) is 44.9 Å². The average molecular weight is 314 g/mol. The fourth-order valence-corrected chi connectivity index (χ4v) is 2.77. The van der Waals surface area contributed by atoms with E-state index in [9.17, 15) is 0 Å². The molecule has 23 heavy (non-hydrogen) atoms. The Hall–Kier alpha value is -2.41. The van der Waals surface area contributed by atoms with Crippen molar-refractivity contribution in [3.8, 4) is 5.75 Å². The van der Waals surface area contributed by atoms with E-state index in [2.05, 4.69) is 15.5 Å². The molecule has 0 aliphatic carbocycles. The summed E-state index contributed by atoms with van der Waals surface area (Å²) in [4.78, 5) is 4.76. The van der Waals surface area contributed by atoms with E-state index in [1.54, 1.807) is 7.11 Å². The largest absolute Gasteiger partial charge is 0.494 e. The third-order valence-electron chi connectivity index (χ3n) is 3.94. The highest BCUT2D eigenvalue weighted by Crippen LogP contribution is 2.31. The highest BCUT2D eigenvalue weighted by molar-refractivity contribution is 5.88. The number of anilines is 1. The predicted molar refractivity (Wildman–Crippen MR) is 91.1 cm³/mol. The number of nitrogens with two attached hydrogens (primary N) is 1. The van der Waals surface area contributed by atoms with E-state index >= 15 is 0 Å². The summed E-state index contributed by atoms with van der Waals surface area (Å²) >= 11 is 0. The van der Waals surface area contributed by atoms with Crippen molar-refractivity contribution >= 4 is 22.5 Å². The molecule has 0 bridgehead atoms. The van der Waals surface area contributed by atoms with E-state index in [1.165, 1.54) is 0 Å². The quantitative estimate of drug-likeness (QED) is 0.677. The zero-order valence-corrected chi connectivity index (χ0v) is 13.8. The van der Waals surface area contributed by atoms with E-state index in [4.69, 9.17) is 15.5 Å². The molecule has 7 heteroatoms. The third-order valence-corrected chi connectivity index (χ3v) is 3.94. The first-order valence-corrected chi connectivity index (χ1v) is 7.80. The summed E-state index contributed by atoms with van der Waals surface area (Å²) in [7, 11) is 1.67. The number of aryl methyl sites for hydroxylation is 2. The van der Waals surface area contributed by atoms with Gasteiger partial charge in [0.15, 0.2) is 5.82 Å². The van der Waals surface area contributed by atoms with Crippen molar-refractivity contribution < 1.29 is 4.74 Å². The summed E-state index contributed by atoms with van der Waals surface area (Å²) in [5.74, 6) is 2.32. The highest BCUT2D eigenvalue weighted by Gasteiger charge is 2.16. The van der Waals surface area contributed by atoms with Crippen LogP contribution < -0.4 is 15.8 Å². The molecule has 0 spiro atoms. The molecule has 7 nitrogen and oxygen atoms in total. The van der Waals surface area contributed by atoms with E-state index < -0.39 is 0 Å². The van der Waals surface area contributed by atoms with E-state index in [1.807, 2.05) is 30.4 Å². The Bertz CT molecular complexity index is 842. The number of methoxy groups -OCH3 is 1. The van der Waals surface area contributed by atoms with Gasteiger partial charge in [0, 0.05) is 6.54 Å². The van der Waals surface area contributed by atoms with Gasteiger partial charge in [0.1, 0.15) is 17.1 Å². The summed E-state index contributed by atoms with van der Waals surface area (Å²) in [6.45, 7) is 5.44. The van der Waals surface area contributed by atoms with Crippen LogP contribution in [0.2, 0.25) is 0 Å². The zero-order valence-electron chi connectivity index (χ0n) is 13.8. The number of rotatable bonds is 6. The molecule has 0 aliphatic heterocycles. The number of nitrogens with zero attached hydrogens (tertiary/aromatic N) is 4. The number of benzene rings is 1. The maximum absolute atomic E-state index is 5.56. The van der Waals surface area contributed by atoms with Gasteiger partial charge in [0.25, 0.3) is 0 Å².